The Bertz CT molecular complexity index is 958. The van der Waals surface area contributed by atoms with E-state index in [0.717, 1.165) is 30.0 Å². The first-order chi connectivity index (χ1) is 13.7. The van der Waals surface area contributed by atoms with Gasteiger partial charge in [-0.2, -0.15) is 0 Å². The average Bonchev–Trinajstić information content (AvgIpc) is 3.40. The molecule has 28 heavy (non-hydrogen) atoms. The highest BCUT2D eigenvalue weighted by Gasteiger charge is 2.32. The van der Waals surface area contributed by atoms with Crippen molar-refractivity contribution in [2.45, 2.75) is 51.7 Å². The van der Waals surface area contributed by atoms with Crippen LogP contribution < -0.4 is 0 Å². The summed E-state index contributed by atoms with van der Waals surface area (Å²) in [6.07, 6.45) is 4.07. The van der Waals surface area contributed by atoms with Gasteiger partial charge in [0.05, 0.1) is 11.0 Å². The Kier molecular flexibility index (Phi) is 4.69. The van der Waals surface area contributed by atoms with E-state index >= 15 is 0 Å². The van der Waals surface area contributed by atoms with Crippen LogP contribution in [0.25, 0.3) is 16.7 Å². The number of aryl methyl sites for hydroxylation is 1. The highest BCUT2D eigenvalue weighted by Crippen LogP contribution is 2.26. The number of likely N-dealkylation sites (tertiary alicyclic amines) is 2. The van der Waals surface area contributed by atoms with Crippen molar-refractivity contribution in [1.82, 2.24) is 19.4 Å². The van der Waals surface area contributed by atoms with Crippen LogP contribution in [0, 0.1) is 6.92 Å². The molecule has 2 fully saturated rings. The van der Waals surface area contributed by atoms with E-state index in [1.54, 1.807) is 0 Å². The number of rotatable bonds is 4. The minimum atomic E-state index is 0.761. The fourth-order valence-electron chi connectivity index (χ4n) is 5.21. The molecule has 5 rings (SSSR count). The van der Waals surface area contributed by atoms with Gasteiger partial charge in [0, 0.05) is 37.4 Å². The number of para-hydroxylation sites is 2. The maximum absolute atomic E-state index is 4.70. The molecule has 0 N–H and O–H groups in total. The van der Waals surface area contributed by atoms with Gasteiger partial charge in [-0.1, -0.05) is 24.3 Å². The maximum Gasteiger partial charge on any atom is 0.111 e. The quantitative estimate of drug-likeness (QED) is 0.677. The Balaban J connectivity index is 1.29. The summed E-state index contributed by atoms with van der Waals surface area (Å²) in [5.74, 6) is 1.04. The summed E-state index contributed by atoms with van der Waals surface area (Å²) in [6.45, 7) is 9.28. The largest absolute Gasteiger partial charge is 0.297 e. The second-order valence-corrected chi connectivity index (χ2v) is 8.56. The first kappa shape index (κ1) is 17.9. The molecule has 2 aliphatic heterocycles. The van der Waals surface area contributed by atoms with Gasteiger partial charge in [0.1, 0.15) is 5.82 Å². The number of aromatic nitrogens is 2. The van der Waals surface area contributed by atoms with E-state index in [-0.39, 0.29) is 0 Å². The lowest BCUT2D eigenvalue weighted by atomic mass is 10.2. The zero-order valence-corrected chi connectivity index (χ0v) is 17.0. The highest BCUT2D eigenvalue weighted by atomic mass is 15.3. The number of benzene rings is 2. The van der Waals surface area contributed by atoms with Crippen LogP contribution in [0.1, 0.15) is 37.6 Å². The lowest BCUT2D eigenvalue weighted by Gasteiger charge is -2.28. The third kappa shape index (κ3) is 3.25. The number of hydrogen-bond donors (Lipinski definition) is 0. The number of nitrogens with zero attached hydrogens (tertiary/aromatic N) is 4. The summed E-state index contributed by atoms with van der Waals surface area (Å²) in [7, 11) is 0. The van der Waals surface area contributed by atoms with Crippen LogP contribution in [-0.4, -0.2) is 51.1 Å². The molecule has 0 unspecified atom stereocenters. The van der Waals surface area contributed by atoms with Crippen LogP contribution in [0.4, 0.5) is 0 Å². The molecule has 2 aliphatic rings. The molecule has 1 aromatic heterocycles. The predicted molar refractivity (Wildman–Crippen MR) is 115 cm³/mol. The molecule has 0 amide bonds. The van der Waals surface area contributed by atoms with Gasteiger partial charge in [-0.25, -0.2) is 4.98 Å². The predicted octanol–water partition coefficient (Wildman–Crippen LogP) is 4.39. The molecule has 146 valence electrons. The van der Waals surface area contributed by atoms with Gasteiger partial charge in [-0.3, -0.25) is 14.4 Å². The Morgan fingerprint density at radius 2 is 1.82 bits per heavy atom. The molecule has 0 radical (unpaired) electrons. The van der Waals surface area contributed by atoms with Crippen LogP contribution in [0.15, 0.2) is 48.5 Å². The monoisotopic (exact) mass is 374 g/mol. The van der Waals surface area contributed by atoms with Gasteiger partial charge in [-0.05, 0) is 69.5 Å². The third-order valence-corrected chi connectivity index (χ3v) is 6.65. The molecular formula is C24H30N4. The smallest absolute Gasteiger partial charge is 0.111 e. The second-order valence-electron chi connectivity index (χ2n) is 8.56. The summed E-state index contributed by atoms with van der Waals surface area (Å²) in [6, 6.07) is 19.0. The molecule has 0 spiro atoms. The van der Waals surface area contributed by atoms with E-state index < -0.39 is 0 Å². The zero-order chi connectivity index (χ0) is 19.1. The van der Waals surface area contributed by atoms with E-state index in [1.165, 1.54) is 55.7 Å². The van der Waals surface area contributed by atoms with Crippen LogP contribution in [0.5, 0.6) is 0 Å². The standard InChI is InChI=1S/C24H30N4/c1-18-6-5-14-27(18)22-13-15-26(17-22)16-20-9-11-21(12-10-20)28-19(2)25-23-7-3-4-8-24(23)28/h3-4,7-12,18,22H,5-6,13-17H2,1-2H3/t18-,22-/m0/s1. The molecule has 2 atom stereocenters. The average molecular weight is 375 g/mol. The Labute approximate surface area is 167 Å². The topological polar surface area (TPSA) is 24.3 Å². The molecule has 0 bridgehead atoms. The molecule has 2 saturated heterocycles. The van der Waals surface area contributed by atoms with Crippen molar-refractivity contribution in [2.24, 2.45) is 0 Å². The fourth-order valence-corrected chi connectivity index (χ4v) is 5.21. The van der Waals surface area contributed by atoms with E-state index in [2.05, 4.69) is 76.7 Å². The van der Waals surface area contributed by atoms with Crippen LogP contribution in [-0.2, 0) is 6.54 Å². The third-order valence-electron chi connectivity index (χ3n) is 6.65. The van der Waals surface area contributed by atoms with Crippen molar-refractivity contribution in [3.05, 3.63) is 59.9 Å². The van der Waals surface area contributed by atoms with E-state index in [9.17, 15) is 0 Å². The maximum atomic E-state index is 4.70. The van der Waals surface area contributed by atoms with Gasteiger partial charge < -0.3 is 0 Å². The lowest BCUT2D eigenvalue weighted by Crippen LogP contribution is -2.39. The first-order valence-corrected chi connectivity index (χ1v) is 10.7. The fraction of sp³-hybridized carbons (Fsp3) is 0.458. The zero-order valence-electron chi connectivity index (χ0n) is 17.0. The van der Waals surface area contributed by atoms with Crippen molar-refractivity contribution >= 4 is 11.0 Å². The second kappa shape index (κ2) is 7.34. The van der Waals surface area contributed by atoms with E-state index in [0.29, 0.717) is 0 Å². The van der Waals surface area contributed by atoms with Gasteiger partial charge in [-0.15, -0.1) is 0 Å². The number of imidazole rings is 1. The number of fused-ring (bicyclic) bond motifs is 1. The Morgan fingerprint density at radius 1 is 1.00 bits per heavy atom. The van der Waals surface area contributed by atoms with Crippen LogP contribution >= 0.6 is 0 Å². The van der Waals surface area contributed by atoms with Crippen molar-refractivity contribution in [1.29, 1.82) is 0 Å². The SMILES string of the molecule is Cc1nc2ccccc2n1-c1ccc(CN2CC[C@H](N3CCC[C@@H]3C)C2)cc1. The minimum absolute atomic E-state index is 0.761. The molecule has 2 aromatic carbocycles. The van der Waals surface area contributed by atoms with Crippen LogP contribution in [0.2, 0.25) is 0 Å². The van der Waals surface area contributed by atoms with Gasteiger partial charge in [0.25, 0.3) is 0 Å². The minimum Gasteiger partial charge on any atom is -0.297 e. The highest BCUT2D eigenvalue weighted by molar-refractivity contribution is 5.78. The van der Waals surface area contributed by atoms with E-state index in [4.69, 9.17) is 4.98 Å². The van der Waals surface area contributed by atoms with Gasteiger partial charge >= 0.3 is 0 Å². The lowest BCUT2D eigenvalue weighted by molar-refractivity contribution is 0.185. The van der Waals surface area contributed by atoms with Crippen molar-refractivity contribution in [3.8, 4) is 5.69 Å². The summed E-state index contributed by atoms with van der Waals surface area (Å²) in [5.41, 5.74) is 4.83. The summed E-state index contributed by atoms with van der Waals surface area (Å²) in [5, 5.41) is 0. The van der Waals surface area contributed by atoms with Crippen LogP contribution in [0.3, 0.4) is 0 Å². The van der Waals surface area contributed by atoms with Gasteiger partial charge in [0.2, 0.25) is 0 Å². The Morgan fingerprint density at radius 3 is 2.61 bits per heavy atom. The van der Waals surface area contributed by atoms with Crippen molar-refractivity contribution in [2.75, 3.05) is 19.6 Å². The summed E-state index contributed by atoms with van der Waals surface area (Å²) >= 11 is 0. The van der Waals surface area contributed by atoms with Crippen molar-refractivity contribution < 1.29 is 0 Å². The molecule has 0 saturated carbocycles. The first-order valence-electron chi connectivity index (χ1n) is 10.7. The summed E-state index contributed by atoms with van der Waals surface area (Å²) < 4.78 is 2.25. The number of hydrogen-bond acceptors (Lipinski definition) is 3. The normalized spacial score (nSPS) is 23.8. The molecule has 0 aliphatic carbocycles. The molecule has 4 nitrogen and oxygen atoms in total. The molecule has 3 aromatic rings. The molecule has 4 heteroatoms. The van der Waals surface area contributed by atoms with Crippen molar-refractivity contribution in [3.63, 3.8) is 0 Å². The van der Waals surface area contributed by atoms with Gasteiger partial charge in [0.15, 0.2) is 0 Å². The van der Waals surface area contributed by atoms with E-state index in [1.807, 2.05) is 0 Å². The summed E-state index contributed by atoms with van der Waals surface area (Å²) in [4.78, 5) is 10.1. The Hall–Kier alpha value is -2.17. The molecular weight excluding hydrogens is 344 g/mol. The molecule has 3 heterocycles.